The van der Waals surface area contributed by atoms with Crippen LogP contribution in [0, 0.1) is 30.9 Å². The normalized spacial score (nSPS) is 11.1. The molecule has 8 nitrogen and oxygen atoms in total. The third kappa shape index (κ3) is 4.89. The van der Waals surface area contributed by atoms with Gasteiger partial charge in [0.25, 0.3) is 21.6 Å². The van der Waals surface area contributed by atoms with Gasteiger partial charge in [0.05, 0.1) is 15.5 Å². The molecule has 0 spiro atoms. The van der Waals surface area contributed by atoms with Gasteiger partial charge in [0.15, 0.2) is 0 Å². The van der Waals surface area contributed by atoms with Crippen LogP contribution in [0.1, 0.15) is 27.0 Å². The maximum absolute atomic E-state index is 12.8. The lowest BCUT2D eigenvalue weighted by molar-refractivity contribution is -0.385. The Morgan fingerprint density at radius 2 is 1.52 bits per heavy atom. The van der Waals surface area contributed by atoms with Crippen LogP contribution >= 0.6 is 0 Å². The monoisotopic (exact) mass is 439 g/mol. The van der Waals surface area contributed by atoms with Crippen LogP contribution in [0.15, 0.2) is 65.6 Å². The van der Waals surface area contributed by atoms with Crippen molar-refractivity contribution in [3.8, 4) is 0 Å². The molecule has 3 aromatic carbocycles. The highest BCUT2D eigenvalue weighted by atomic mass is 32.2. The number of nitrogens with zero attached hydrogens (tertiary/aromatic N) is 1. The average molecular weight is 439 g/mol. The topological polar surface area (TPSA) is 118 Å². The van der Waals surface area contributed by atoms with Crippen LogP contribution in [0.25, 0.3) is 0 Å². The van der Waals surface area contributed by atoms with Crippen LogP contribution in [0.5, 0.6) is 0 Å². The lowest BCUT2D eigenvalue weighted by Gasteiger charge is -2.14. The first-order valence-electron chi connectivity index (χ1n) is 9.34. The third-order valence-electron chi connectivity index (χ3n) is 4.68. The lowest BCUT2D eigenvalue weighted by Crippen LogP contribution is -2.16. The predicted octanol–water partition coefficient (Wildman–Crippen LogP) is 4.57. The second kappa shape index (κ2) is 8.57. The Kier molecular flexibility index (Phi) is 6.07. The zero-order valence-corrected chi connectivity index (χ0v) is 18.0. The van der Waals surface area contributed by atoms with Crippen LogP contribution in [-0.4, -0.2) is 19.2 Å². The van der Waals surface area contributed by atoms with Crippen LogP contribution in [0.4, 0.5) is 17.1 Å². The van der Waals surface area contributed by atoms with Crippen molar-refractivity contribution in [3.05, 3.63) is 93.0 Å². The maximum atomic E-state index is 12.8. The van der Waals surface area contributed by atoms with Crippen LogP contribution in [0.2, 0.25) is 0 Å². The van der Waals surface area contributed by atoms with Gasteiger partial charge in [0.2, 0.25) is 0 Å². The molecular weight excluding hydrogens is 418 g/mol. The molecular formula is C22H21N3O5S. The molecule has 0 saturated heterocycles. The van der Waals surface area contributed by atoms with Crippen LogP contribution in [-0.2, 0) is 10.0 Å². The fourth-order valence-electron chi connectivity index (χ4n) is 3.28. The van der Waals surface area contributed by atoms with Crippen molar-refractivity contribution in [2.75, 3.05) is 10.0 Å². The highest BCUT2D eigenvalue weighted by Gasteiger charge is 2.20. The summed E-state index contributed by atoms with van der Waals surface area (Å²) in [5.74, 6) is -0.660. The molecule has 9 heteroatoms. The van der Waals surface area contributed by atoms with Gasteiger partial charge >= 0.3 is 0 Å². The first kappa shape index (κ1) is 22.0. The highest BCUT2D eigenvalue weighted by Crippen LogP contribution is 2.26. The number of amides is 1. The summed E-state index contributed by atoms with van der Waals surface area (Å²) in [7, 11) is -3.84. The van der Waals surface area contributed by atoms with Crippen molar-refractivity contribution in [2.45, 2.75) is 25.7 Å². The van der Waals surface area contributed by atoms with E-state index in [1.165, 1.54) is 48.5 Å². The smallest absolute Gasteiger partial charge is 0.282 e. The van der Waals surface area contributed by atoms with E-state index in [1.54, 1.807) is 0 Å². The molecule has 160 valence electrons. The minimum Gasteiger partial charge on any atom is -0.322 e. The Balaban J connectivity index is 1.80. The van der Waals surface area contributed by atoms with Crippen LogP contribution < -0.4 is 10.0 Å². The van der Waals surface area contributed by atoms with Gasteiger partial charge in [-0.1, -0.05) is 29.8 Å². The number of para-hydroxylation sites is 1. The summed E-state index contributed by atoms with van der Waals surface area (Å²) in [6, 6.07) is 14.9. The maximum Gasteiger partial charge on any atom is 0.282 e. The van der Waals surface area contributed by atoms with E-state index < -0.39 is 20.9 Å². The molecule has 0 fully saturated rings. The summed E-state index contributed by atoms with van der Waals surface area (Å²) < 4.78 is 28.2. The molecule has 0 aliphatic rings. The van der Waals surface area contributed by atoms with E-state index >= 15 is 0 Å². The number of benzene rings is 3. The number of rotatable bonds is 6. The SMILES string of the molecule is Cc1cc(C)c(NS(=O)(=O)c2ccc(NC(=O)c3ccccc3[N+](=O)[O-])cc2)c(C)c1. The zero-order chi connectivity index (χ0) is 22.8. The molecule has 3 aromatic rings. The summed E-state index contributed by atoms with van der Waals surface area (Å²) in [6.07, 6.45) is 0. The van der Waals surface area contributed by atoms with E-state index in [4.69, 9.17) is 0 Å². The van der Waals surface area contributed by atoms with E-state index in [9.17, 15) is 23.3 Å². The quantitative estimate of drug-likeness (QED) is 0.431. The molecule has 0 heterocycles. The summed E-state index contributed by atoms with van der Waals surface area (Å²) in [6.45, 7) is 5.61. The average Bonchev–Trinajstić information content (AvgIpc) is 2.71. The van der Waals surface area contributed by atoms with Gasteiger partial charge in [-0.25, -0.2) is 8.42 Å². The first-order chi connectivity index (χ1) is 14.6. The minimum atomic E-state index is -3.84. The van der Waals surface area contributed by atoms with Crippen molar-refractivity contribution in [3.63, 3.8) is 0 Å². The standard InChI is InChI=1S/C22H21N3O5S/c1-14-12-15(2)21(16(3)13-14)24-31(29,30)18-10-8-17(9-11-18)23-22(26)19-6-4-5-7-20(19)25(27)28/h4-13,24H,1-3H3,(H,23,26). The molecule has 0 radical (unpaired) electrons. The number of anilines is 2. The fraction of sp³-hybridized carbons (Fsp3) is 0.136. The Morgan fingerprint density at radius 3 is 2.10 bits per heavy atom. The first-order valence-corrected chi connectivity index (χ1v) is 10.8. The molecule has 0 aromatic heterocycles. The minimum absolute atomic E-state index is 0.0237. The second-order valence-electron chi connectivity index (χ2n) is 7.13. The van der Waals surface area contributed by atoms with Crippen molar-refractivity contribution in [1.29, 1.82) is 0 Å². The molecule has 0 aliphatic carbocycles. The molecule has 3 rings (SSSR count). The summed E-state index contributed by atoms with van der Waals surface area (Å²) in [5, 5.41) is 13.6. The van der Waals surface area contributed by atoms with E-state index in [2.05, 4.69) is 10.0 Å². The molecule has 0 aliphatic heterocycles. The summed E-state index contributed by atoms with van der Waals surface area (Å²) >= 11 is 0. The summed E-state index contributed by atoms with van der Waals surface area (Å²) in [5.41, 5.74) is 3.10. The number of hydrogen-bond donors (Lipinski definition) is 2. The predicted molar refractivity (Wildman–Crippen MR) is 119 cm³/mol. The van der Waals surface area contributed by atoms with Gasteiger partial charge < -0.3 is 5.32 Å². The van der Waals surface area contributed by atoms with Crippen molar-refractivity contribution in [2.24, 2.45) is 0 Å². The molecule has 1 amide bonds. The molecule has 0 atom stereocenters. The number of nitro groups is 1. The summed E-state index contributed by atoms with van der Waals surface area (Å²) in [4.78, 5) is 22.9. The third-order valence-corrected chi connectivity index (χ3v) is 6.05. The van der Waals surface area contributed by atoms with Gasteiger partial charge in [-0.15, -0.1) is 0 Å². The van der Waals surface area contributed by atoms with E-state index in [-0.39, 0.29) is 16.1 Å². The van der Waals surface area contributed by atoms with Gasteiger partial charge in [-0.2, -0.15) is 0 Å². The lowest BCUT2D eigenvalue weighted by atomic mass is 10.1. The van der Waals surface area contributed by atoms with E-state index in [1.807, 2.05) is 32.9 Å². The van der Waals surface area contributed by atoms with Gasteiger partial charge in [0, 0.05) is 11.8 Å². The molecule has 0 bridgehead atoms. The van der Waals surface area contributed by atoms with Gasteiger partial charge in [-0.3, -0.25) is 19.6 Å². The molecule has 0 unspecified atom stereocenters. The zero-order valence-electron chi connectivity index (χ0n) is 17.2. The van der Waals surface area contributed by atoms with E-state index in [0.29, 0.717) is 11.4 Å². The number of sulfonamides is 1. The van der Waals surface area contributed by atoms with Gasteiger partial charge in [-0.05, 0) is 62.2 Å². The number of nitrogens with one attached hydrogen (secondary N) is 2. The van der Waals surface area contributed by atoms with Crippen molar-refractivity contribution >= 4 is 33.0 Å². The number of carbonyl (C=O) groups excluding carboxylic acids is 1. The fourth-order valence-corrected chi connectivity index (χ4v) is 4.48. The molecule has 0 saturated carbocycles. The number of aryl methyl sites for hydroxylation is 3. The van der Waals surface area contributed by atoms with Crippen molar-refractivity contribution in [1.82, 2.24) is 0 Å². The Hall–Kier alpha value is -3.72. The largest absolute Gasteiger partial charge is 0.322 e. The van der Waals surface area contributed by atoms with Gasteiger partial charge in [0.1, 0.15) is 5.56 Å². The number of carbonyl (C=O) groups is 1. The Morgan fingerprint density at radius 1 is 0.935 bits per heavy atom. The molecule has 2 N–H and O–H groups in total. The number of nitro benzene ring substituents is 1. The molecule has 31 heavy (non-hydrogen) atoms. The second-order valence-corrected chi connectivity index (χ2v) is 8.81. The number of hydrogen-bond acceptors (Lipinski definition) is 5. The highest BCUT2D eigenvalue weighted by molar-refractivity contribution is 7.92. The van der Waals surface area contributed by atoms with Crippen molar-refractivity contribution < 1.29 is 18.1 Å². The Labute approximate surface area is 180 Å². The van der Waals surface area contributed by atoms with Crippen LogP contribution in [0.3, 0.4) is 0 Å². The Bertz CT molecular complexity index is 1250. The van der Waals surface area contributed by atoms with E-state index in [0.717, 1.165) is 16.7 Å².